The van der Waals surface area contributed by atoms with Gasteiger partial charge < -0.3 is 9.64 Å². The summed E-state index contributed by atoms with van der Waals surface area (Å²) in [5.41, 5.74) is 0.408. The Labute approximate surface area is 163 Å². The second-order valence-corrected chi connectivity index (χ2v) is 9.87. The van der Waals surface area contributed by atoms with Gasteiger partial charge in [0.2, 0.25) is 15.9 Å². The van der Waals surface area contributed by atoms with E-state index in [2.05, 4.69) is 15.9 Å². The number of nitrogens with two attached hydrogens (primary N) is 1. The monoisotopic (exact) mass is 444 g/mol. The van der Waals surface area contributed by atoms with Gasteiger partial charge in [0.05, 0.1) is 11.2 Å². The third-order valence-corrected chi connectivity index (χ3v) is 6.89. The van der Waals surface area contributed by atoms with E-state index in [1.165, 1.54) is 0 Å². The van der Waals surface area contributed by atoms with E-state index in [1.54, 1.807) is 0 Å². The molecule has 0 bridgehead atoms. The number of piperidine rings is 1. The van der Waals surface area contributed by atoms with Crippen molar-refractivity contribution in [2.24, 2.45) is 11.1 Å². The Balaban J connectivity index is 1.84. The van der Waals surface area contributed by atoms with Gasteiger partial charge in [0.25, 0.3) is 0 Å². The Kier molecular flexibility index (Phi) is 6.06. The molecular formula is C18H25BrN2O4S. The Hall–Kier alpha value is -0.960. The molecule has 1 atom stereocenters. The molecule has 0 spiro atoms. The first-order valence-electron chi connectivity index (χ1n) is 8.94. The highest BCUT2D eigenvalue weighted by molar-refractivity contribution is 9.10. The topological polar surface area (TPSA) is 89.7 Å². The summed E-state index contributed by atoms with van der Waals surface area (Å²) in [6, 6.07) is 7.91. The molecule has 8 heteroatoms. The minimum absolute atomic E-state index is 0.0643. The number of likely N-dealkylation sites (tertiary alicyclic amines) is 1. The van der Waals surface area contributed by atoms with Gasteiger partial charge in [-0.1, -0.05) is 28.1 Å². The van der Waals surface area contributed by atoms with Gasteiger partial charge in [-0.05, 0) is 49.3 Å². The number of carbonyl (C=O) groups is 1. The third kappa shape index (κ3) is 4.47. The van der Waals surface area contributed by atoms with Gasteiger partial charge in [0.1, 0.15) is 0 Å². The van der Waals surface area contributed by atoms with E-state index in [4.69, 9.17) is 9.88 Å². The van der Waals surface area contributed by atoms with Crippen LogP contribution in [0.4, 0.5) is 0 Å². The summed E-state index contributed by atoms with van der Waals surface area (Å²) in [5, 5.41) is 5.21. The normalized spacial score (nSPS) is 23.6. The number of halogens is 1. The number of ether oxygens (including phenoxy) is 1. The molecule has 0 saturated carbocycles. The molecule has 0 aromatic heterocycles. The summed E-state index contributed by atoms with van der Waals surface area (Å²) in [4.78, 5) is 15.4. The maximum absolute atomic E-state index is 13.5. The molecule has 0 radical (unpaired) electrons. The van der Waals surface area contributed by atoms with Crippen LogP contribution in [0.1, 0.15) is 31.2 Å². The second kappa shape index (κ2) is 7.96. The lowest BCUT2D eigenvalue weighted by atomic mass is 9.72. The highest BCUT2D eigenvalue weighted by Gasteiger charge is 2.45. The molecule has 1 aromatic rings. The first kappa shape index (κ1) is 19.8. The highest BCUT2D eigenvalue weighted by atomic mass is 79.9. The summed E-state index contributed by atoms with van der Waals surface area (Å²) in [6.07, 6.45) is 2.88. The maximum Gasteiger partial charge on any atom is 0.233 e. The number of sulfonamides is 1. The van der Waals surface area contributed by atoms with Gasteiger partial charge in [-0.25, -0.2) is 13.6 Å². The van der Waals surface area contributed by atoms with Gasteiger partial charge in [-0.15, -0.1) is 0 Å². The van der Waals surface area contributed by atoms with Crippen molar-refractivity contribution < 1.29 is 17.9 Å². The fraction of sp³-hybridized carbons (Fsp3) is 0.611. The van der Waals surface area contributed by atoms with E-state index in [-0.39, 0.29) is 17.6 Å². The molecule has 2 N–H and O–H groups in total. The Morgan fingerprint density at radius 2 is 1.92 bits per heavy atom. The molecule has 26 heavy (non-hydrogen) atoms. The van der Waals surface area contributed by atoms with Crippen LogP contribution in [0, 0.1) is 5.92 Å². The van der Waals surface area contributed by atoms with Gasteiger partial charge in [0.15, 0.2) is 0 Å². The first-order chi connectivity index (χ1) is 12.3. The summed E-state index contributed by atoms with van der Waals surface area (Å²) in [7, 11) is -3.53. The largest absolute Gasteiger partial charge is 0.381 e. The first-order valence-corrected chi connectivity index (χ1v) is 11.4. The number of benzene rings is 1. The van der Waals surface area contributed by atoms with Crippen LogP contribution in [-0.4, -0.2) is 51.3 Å². The predicted octanol–water partition coefficient (Wildman–Crippen LogP) is 2.02. The molecule has 2 heterocycles. The molecule has 2 fully saturated rings. The standard InChI is InChI=1S/C18H25BrN2O4S/c19-16-5-3-15(4-6-16)18(7-10-25-11-8-18)17(22)21-9-1-2-14(12-21)13-26(20,23)24/h3-6,14H,1-2,7-13H2,(H2,20,23,24). The fourth-order valence-electron chi connectivity index (χ4n) is 4.13. The smallest absolute Gasteiger partial charge is 0.233 e. The Morgan fingerprint density at radius 3 is 2.54 bits per heavy atom. The maximum atomic E-state index is 13.5. The number of carbonyl (C=O) groups excluding carboxylic acids is 1. The molecule has 1 aromatic carbocycles. The van der Waals surface area contributed by atoms with Crippen LogP contribution in [0.3, 0.4) is 0 Å². The SMILES string of the molecule is NS(=O)(=O)CC1CCCN(C(=O)C2(c3ccc(Br)cc3)CCOCC2)C1. The molecule has 1 unspecified atom stereocenters. The molecule has 2 saturated heterocycles. The van der Waals surface area contributed by atoms with Gasteiger partial charge in [0, 0.05) is 30.8 Å². The van der Waals surface area contributed by atoms with Crippen LogP contribution in [0.25, 0.3) is 0 Å². The number of hydrogen-bond donors (Lipinski definition) is 1. The summed E-state index contributed by atoms with van der Waals surface area (Å²) < 4.78 is 29.4. The summed E-state index contributed by atoms with van der Waals surface area (Å²) in [5.74, 6) is -0.0719. The molecule has 6 nitrogen and oxygen atoms in total. The Morgan fingerprint density at radius 1 is 1.27 bits per heavy atom. The van der Waals surface area contributed by atoms with Crippen LogP contribution in [-0.2, 0) is 25.0 Å². The van der Waals surface area contributed by atoms with Crippen molar-refractivity contribution in [3.8, 4) is 0 Å². The van der Waals surface area contributed by atoms with E-state index in [0.717, 1.165) is 22.9 Å². The molecular weight excluding hydrogens is 420 g/mol. The van der Waals surface area contributed by atoms with Crippen molar-refractivity contribution in [1.29, 1.82) is 0 Å². The molecule has 1 amide bonds. The van der Waals surface area contributed by atoms with E-state index in [9.17, 15) is 13.2 Å². The number of nitrogens with zero attached hydrogens (tertiary/aromatic N) is 1. The predicted molar refractivity (Wildman–Crippen MR) is 103 cm³/mol. The van der Waals surface area contributed by atoms with Crippen molar-refractivity contribution in [3.05, 3.63) is 34.3 Å². The zero-order valence-electron chi connectivity index (χ0n) is 14.7. The quantitative estimate of drug-likeness (QED) is 0.768. The van der Waals surface area contributed by atoms with Crippen molar-refractivity contribution in [2.75, 3.05) is 32.1 Å². The lowest BCUT2D eigenvalue weighted by Gasteiger charge is -2.42. The van der Waals surface area contributed by atoms with Gasteiger partial charge in [-0.2, -0.15) is 0 Å². The van der Waals surface area contributed by atoms with Crippen molar-refractivity contribution in [2.45, 2.75) is 31.1 Å². The molecule has 3 rings (SSSR count). The van der Waals surface area contributed by atoms with Crippen LogP contribution in [0.15, 0.2) is 28.7 Å². The summed E-state index contributed by atoms with van der Waals surface area (Å²) >= 11 is 3.45. The van der Waals surface area contributed by atoms with Crippen molar-refractivity contribution in [1.82, 2.24) is 4.90 Å². The van der Waals surface area contributed by atoms with Crippen molar-refractivity contribution in [3.63, 3.8) is 0 Å². The molecule has 2 aliphatic rings. The second-order valence-electron chi connectivity index (χ2n) is 7.29. The summed E-state index contributed by atoms with van der Waals surface area (Å²) in [6.45, 7) is 2.22. The zero-order chi connectivity index (χ0) is 18.8. The molecule has 2 aliphatic heterocycles. The average molecular weight is 445 g/mol. The van der Waals surface area contributed by atoms with Crippen LogP contribution in [0.5, 0.6) is 0 Å². The third-order valence-electron chi connectivity index (χ3n) is 5.43. The average Bonchev–Trinajstić information content (AvgIpc) is 2.61. The lowest BCUT2D eigenvalue weighted by molar-refractivity contribution is -0.143. The van der Waals surface area contributed by atoms with E-state index >= 15 is 0 Å². The van der Waals surface area contributed by atoms with E-state index in [0.29, 0.717) is 39.1 Å². The van der Waals surface area contributed by atoms with Crippen LogP contribution < -0.4 is 5.14 Å². The van der Waals surface area contributed by atoms with E-state index in [1.807, 2.05) is 29.2 Å². The van der Waals surface area contributed by atoms with Gasteiger partial charge in [-0.3, -0.25) is 4.79 Å². The minimum atomic E-state index is -3.53. The van der Waals surface area contributed by atoms with Crippen LogP contribution in [0.2, 0.25) is 0 Å². The van der Waals surface area contributed by atoms with Crippen LogP contribution >= 0.6 is 15.9 Å². The lowest BCUT2D eigenvalue weighted by Crippen LogP contribution is -2.53. The highest BCUT2D eigenvalue weighted by Crippen LogP contribution is 2.38. The minimum Gasteiger partial charge on any atom is -0.381 e. The van der Waals surface area contributed by atoms with Gasteiger partial charge >= 0.3 is 0 Å². The number of amides is 1. The molecule has 144 valence electrons. The Bertz CT molecular complexity index is 745. The zero-order valence-corrected chi connectivity index (χ0v) is 17.1. The van der Waals surface area contributed by atoms with Crippen molar-refractivity contribution >= 4 is 31.9 Å². The number of hydrogen-bond acceptors (Lipinski definition) is 4. The van der Waals surface area contributed by atoms with E-state index < -0.39 is 15.4 Å². The molecule has 0 aliphatic carbocycles. The number of primary sulfonamides is 1. The fourth-order valence-corrected chi connectivity index (χ4v) is 5.33. The number of rotatable bonds is 4.